The van der Waals surface area contributed by atoms with Gasteiger partial charge in [0.1, 0.15) is 10.6 Å². The molecule has 0 saturated carbocycles. The smallest absolute Gasteiger partial charge is 0.296 e. The first kappa shape index (κ1) is 19.8. The lowest BCUT2D eigenvalue weighted by molar-refractivity contribution is 0.0977. The third-order valence-corrected chi connectivity index (χ3v) is 6.03. The Kier molecular flexibility index (Phi) is 4.48. The van der Waals surface area contributed by atoms with Gasteiger partial charge >= 0.3 is 0 Å². The Morgan fingerprint density at radius 2 is 1.40 bits per heavy atom. The first-order valence-electron chi connectivity index (χ1n) is 8.97. The van der Waals surface area contributed by atoms with E-state index in [2.05, 4.69) is 0 Å². The van der Waals surface area contributed by atoms with Crippen LogP contribution in [0.1, 0.15) is 37.4 Å². The van der Waals surface area contributed by atoms with Gasteiger partial charge < -0.3 is 10.0 Å². The molecule has 0 aliphatic heterocycles. The van der Waals surface area contributed by atoms with Gasteiger partial charge in [-0.3, -0.25) is 14.1 Å². The maximum Gasteiger partial charge on any atom is 0.296 e. The fraction of sp³-hybridized carbons (Fsp3) is 0.0909. The highest BCUT2D eigenvalue weighted by Crippen LogP contribution is 2.41. The first-order valence-corrected chi connectivity index (χ1v) is 10.4. The number of anilines is 2. The molecule has 152 valence electrons. The van der Waals surface area contributed by atoms with E-state index in [1.54, 1.807) is 25.1 Å². The molecular weight excluding hydrogens is 406 g/mol. The summed E-state index contributed by atoms with van der Waals surface area (Å²) in [5.41, 5.74) is 1.20. The minimum absolute atomic E-state index is 0.0249. The molecule has 0 unspecified atom stereocenters. The van der Waals surface area contributed by atoms with Gasteiger partial charge in [-0.05, 0) is 36.8 Å². The third-order valence-electron chi connectivity index (χ3n) is 5.15. The Morgan fingerprint density at radius 1 is 0.833 bits per heavy atom. The lowest BCUT2D eigenvalue weighted by Gasteiger charge is -2.27. The summed E-state index contributed by atoms with van der Waals surface area (Å²) >= 11 is 0. The number of rotatable bonds is 3. The van der Waals surface area contributed by atoms with Gasteiger partial charge in [-0.2, -0.15) is 8.42 Å². The molecule has 0 aromatic heterocycles. The van der Waals surface area contributed by atoms with Crippen LogP contribution in [0, 0.1) is 6.92 Å². The van der Waals surface area contributed by atoms with Gasteiger partial charge in [-0.1, -0.05) is 30.3 Å². The normalized spacial score (nSPS) is 13.0. The van der Waals surface area contributed by atoms with Gasteiger partial charge in [0.05, 0.1) is 22.5 Å². The Balaban J connectivity index is 1.98. The number of hydrogen-bond donors (Lipinski definition) is 2. The summed E-state index contributed by atoms with van der Waals surface area (Å²) in [6.45, 7) is 1.68. The van der Waals surface area contributed by atoms with Crippen molar-refractivity contribution in [2.75, 3.05) is 11.9 Å². The molecular formula is C22H17NO6S. The van der Waals surface area contributed by atoms with Gasteiger partial charge in [0.25, 0.3) is 10.1 Å². The summed E-state index contributed by atoms with van der Waals surface area (Å²) in [7, 11) is -3.04. The molecule has 7 nitrogen and oxygen atoms in total. The quantitative estimate of drug-likeness (QED) is 0.485. The highest BCUT2D eigenvalue weighted by molar-refractivity contribution is 7.86. The van der Waals surface area contributed by atoms with Crippen LogP contribution in [0.3, 0.4) is 0 Å². The Morgan fingerprint density at radius 3 is 2.00 bits per heavy atom. The second-order valence-electron chi connectivity index (χ2n) is 7.06. The van der Waals surface area contributed by atoms with Crippen LogP contribution >= 0.6 is 0 Å². The Bertz CT molecular complexity index is 1340. The zero-order valence-electron chi connectivity index (χ0n) is 16.1. The van der Waals surface area contributed by atoms with Crippen molar-refractivity contribution in [2.45, 2.75) is 11.8 Å². The summed E-state index contributed by atoms with van der Waals surface area (Å²) in [4.78, 5) is 27.3. The number of carbonyl (C=O) groups excluding carboxylic acids is 2. The van der Waals surface area contributed by atoms with E-state index in [1.807, 2.05) is 0 Å². The van der Waals surface area contributed by atoms with Crippen molar-refractivity contribution in [3.8, 4) is 5.75 Å². The van der Waals surface area contributed by atoms with Crippen molar-refractivity contribution in [3.05, 3.63) is 82.4 Å². The number of aromatic hydroxyl groups is 1. The molecule has 30 heavy (non-hydrogen) atoms. The molecule has 2 N–H and O–H groups in total. The maximum atomic E-state index is 13.2. The van der Waals surface area contributed by atoms with Crippen LogP contribution in [0.5, 0.6) is 5.75 Å². The van der Waals surface area contributed by atoms with E-state index in [0.29, 0.717) is 5.56 Å². The van der Waals surface area contributed by atoms with Gasteiger partial charge in [0.15, 0.2) is 11.6 Å². The molecule has 3 aromatic carbocycles. The topological polar surface area (TPSA) is 112 Å². The summed E-state index contributed by atoms with van der Waals surface area (Å²) in [6, 6.07) is 13.5. The van der Waals surface area contributed by atoms with Crippen LogP contribution in [0.25, 0.3) is 0 Å². The number of fused-ring (bicyclic) bond motifs is 2. The van der Waals surface area contributed by atoms with Crippen molar-refractivity contribution in [2.24, 2.45) is 0 Å². The molecule has 0 atom stereocenters. The lowest BCUT2D eigenvalue weighted by Crippen LogP contribution is -2.25. The first-order chi connectivity index (χ1) is 14.1. The van der Waals surface area contributed by atoms with Gasteiger partial charge in [-0.15, -0.1) is 0 Å². The van der Waals surface area contributed by atoms with Crippen molar-refractivity contribution in [1.29, 1.82) is 0 Å². The van der Waals surface area contributed by atoms with Crippen LogP contribution in [0.15, 0.2) is 59.5 Å². The number of phenols is 1. The molecule has 0 saturated heterocycles. The summed E-state index contributed by atoms with van der Waals surface area (Å²) in [5, 5.41) is 10.3. The highest BCUT2D eigenvalue weighted by atomic mass is 32.2. The van der Waals surface area contributed by atoms with E-state index in [9.17, 15) is 27.7 Å². The molecule has 1 aliphatic rings. The molecule has 3 aromatic rings. The Hall–Kier alpha value is -3.49. The number of benzene rings is 3. The predicted octanol–water partition coefficient (Wildman–Crippen LogP) is 3.49. The number of hydrogen-bond acceptors (Lipinski definition) is 6. The van der Waals surface area contributed by atoms with Crippen molar-refractivity contribution in [1.82, 2.24) is 0 Å². The molecule has 4 rings (SSSR count). The van der Waals surface area contributed by atoms with E-state index in [-0.39, 0.29) is 44.3 Å². The van der Waals surface area contributed by atoms with Gasteiger partial charge in [0, 0.05) is 18.2 Å². The standard InChI is InChI=1S/C22H17NO6S/c1-12-7-8-15(18(11-12)30(27,28)29)23(2)16-9-10-17(24)20-19(16)21(25)13-5-3-4-6-14(13)22(20)26/h3-11,24H,1-2H3,(H,27,28,29). The largest absolute Gasteiger partial charge is 0.507 e. The van der Waals surface area contributed by atoms with Gasteiger partial charge in [-0.25, -0.2) is 0 Å². The minimum Gasteiger partial charge on any atom is -0.507 e. The molecule has 8 heteroatoms. The fourth-order valence-electron chi connectivity index (χ4n) is 3.70. The summed E-state index contributed by atoms with van der Waals surface area (Å²) < 4.78 is 33.5. The number of aryl methyl sites for hydroxylation is 1. The van der Waals surface area contributed by atoms with Crippen molar-refractivity contribution in [3.63, 3.8) is 0 Å². The Labute approximate surface area is 173 Å². The maximum absolute atomic E-state index is 13.2. The van der Waals surface area contributed by atoms with E-state index in [1.165, 1.54) is 48.3 Å². The number of nitrogens with zero attached hydrogens (tertiary/aromatic N) is 1. The lowest BCUT2D eigenvalue weighted by atomic mass is 9.82. The molecule has 0 fully saturated rings. The average Bonchev–Trinajstić information content (AvgIpc) is 2.70. The highest BCUT2D eigenvalue weighted by Gasteiger charge is 2.35. The van der Waals surface area contributed by atoms with Crippen LogP contribution in [0.4, 0.5) is 11.4 Å². The summed E-state index contributed by atoms with van der Waals surface area (Å²) in [6.07, 6.45) is 0. The fourth-order valence-corrected chi connectivity index (χ4v) is 4.51. The average molecular weight is 423 g/mol. The van der Waals surface area contributed by atoms with Crippen LogP contribution in [0.2, 0.25) is 0 Å². The van der Waals surface area contributed by atoms with E-state index < -0.39 is 21.7 Å². The number of ketones is 2. The van der Waals surface area contributed by atoms with E-state index >= 15 is 0 Å². The number of carbonyl (C=O) groups is 2. The van der Waals surface area contributed by atoms with E-state index in [4.69, 9.17) is 0 Å². The van der Waals surface area contributed by atoms with Gasteiger partial charge in [0.2, 0.25) is 0 Å². The van der Waals surface area contributed by atoms with Crippen LogP contribution in [-0.4, -0.2) is 36.7 Å². The minimum atomic E-state index is -4.55. The van der Waals surface area contributed by atoms with Crippen LogP contribution in [-0.2, 0) is 10.1 Å². The zero-order chi connectivity index (χ0) is 21.8. The molecule has 0 spiro atoms. The van der Waals surface area contributed by atoms with Crippen LogP contribution < -0.4 is 4.90 Å². The number of phenolic OH excluding ortho intramolecular Hbond substituents is 1. The molecule has 1 aliphatic carbocycles. The second-order valence-corrected chi connectivity index (χ2v) is 8.45. The van der Waals surface area contributed by atoms with Crippen molar-refractivity contribution >= 4 is 33.1 Å². The summed E-state index contributed by atoms with van der Waals surface area (Å²) in [5.74, 6) is -1.29. The predicted molar refractivity (Wildman–Crippen MR) is 110 cm³/mol. The SMILES string of the molecule is Cc1ccc(N(C)c2ccc(O)c3c2C(=O)c2ccccc2C3=O)c(S(=O)(=O)O)c1. The molecule has 0 bridgehead atoms. The third kappa shape index (κ3) is 2.97. The monoisotopic (exact) mass is 423 g/mol. The zero-order valence-corrected chi connectivity index (χ0v) is 16.9. The van der Waals surface area contributed by atoms with E-state index in [0.717, 1.165) is 0 Å². The second kappa shape index (κ2) is 6.79. The molecule has 0 radical (unpaired) electrons. The van der Waals surface area contributed by atoms with Crippen molar-refractivity contribution < 1.29 is 27.7 Å². The molecule has 0 heterocycles. The molecule has 0 amide bonds.